The summed E-state index contributed by atoms with van der Waals surface area (Å²) in [6.45, 7) is 6.11. The van der Waals surface area contributed by atoms with E-state index in [9.17, 15) is 4.39 Å². The summed E-state index contributed by atoms with van der Waals surface area (Å²) in [5.41, 5.74) is 1.94. The predicted octanol–water partition coefficient (Wildman–Crippen LogP) is 2.26. The summed E-state index contributed by atoms with van der Waals surface area (Å²) in [5.74, 6) is -0.0732. The molecule has 0 amide bonds. The highest BCUT2D eigenvalue weighted by Gasteiger charge is 2.20. The third-order valence-corrected chi connectivity index (χ3v) is 4.03. The highest BCUT2D eigenvalue weighted by molar-refractivity contribution is 5.54. The normalized spacial score (nSPS) is 21.0. The second-order valence-electron chi connectivity index (χ2n) is 5.32. The molecule has 2 aliphatic heterocycles. The number of anilines is 1. The minimum absolute atomic E-state index is 0.0732. The highest BCUT2D eigenvalue weighted by atomic mass is 19.1. The van der Waals surface area contributed by atoms with Crippen LogP contribution in [0.2, 0.25) is 0 Å². The first-order valence-electron chi connectivity index (χ1n) is 7.17. The number of nitrogens with zero attached hydrogens (tertiary/aromatic N) is 2. The van der Waals surface area contributed by atoms with Crippen LogP contribution in [0.1, 0.15) is 18.4 Å². The molecule has 0 atom stereocenters. The second-order valence-corrected chi connectivity index (χ2v) is 5.32. The number of morpholine rings is 1. The molecule has 1 aromatic rings. The summed E-state index contributed by atoms with van der Waals surface area (Å²) >= 11 is 0. The number of hydrogen-bond acceptors (Lipinski definition) is 3. The molecule has 0 aromatic heterocycles. The average molecular weight is 264 g/mol. The molecule has 0 spiro atoms. The molecular weight excluding hydrogens is 243 g/mol. The first-order chi connectivity index (χ1) is 9.34. The van der Waals surface area contributed by atoms with Crippen LogP contribution < -0.4 is 4.90 Å². The Kier molecular flexibility index (Phi) is 3.99. The maximum Gasteiger partial charge on any atom is 0.129 e. The lowest BCUT2D eigenvalue weighted by Crippen LogP contribution is -2.36. The first-order valence-corrected chi connectivity index (χ1v) is 7.17. The molecule has 0 saturated carbocycles. The van der Waals surface area contributed by atoms with E-state index in [0.29, 0.717) is 6.54 Å². The van der Waals surface area contributed by atoms with Crippen LogP contribution >= 0.6 is 0 Å². The lowest BCUT2D eigenvalue weighted by Gasteiger charge is -2.29. The van der Waals surface area contributed by atoms with Gasteiger partial charge in [0.05, 0.1) is 13.2 Å². The Hall–Kier alpha value is -1.13. The fraction of sp³-hybridized carbons (Fsp3) is 0.600. The van der Waals surface area contributed by atoms with Crippen molar-refractivity contribution in [2.45, 2.75) is 19.4 Å². The number of rotatable bonds is 3. The zero-order chi connectivity index (χ0) is 13.1. The standard InChI is InChI=1S/C15H21FN2O/c16-14-4-3-5-15(18-6-1-2-7-18)13(14)12-17-8-10-19-11-9-17/h3-5H,1-2,6-12H2. The van der Waals surface area contributed by atoms with Gasteiger partial charge in [-0.3, -0.25) is 4.90 Å². The molecule has 19 heavy (non-hydrogen) atoms. The van der Waals surface area contributed by atoms with Crippen LogP contribution in [-0.4, -0.2) is 44.3 Å². The van der Waals surface area contributed by atoms with Gasteiger partial charge in [0.1, 0.15) is 5.82 Å². The molecule has 0 unspecified atom stereocenters. The molecule has 4 heteroatoms. The molecule has 0 aliphatic carbocycles. The third-order valence-electron chi connectivity index (χ3n) is 4.03. The van der Waals surface area contributed by atoms with E-state index >= 15 is 0 Å². The zero-order valence-electron chi connectivity index (χ0n) is 11.3. The van der Waals surface area contributed by atoms with Crippen LogP contribution in [0.5, 0.6) is 0 Å². The van der Waals surface area contributed by atoms with Crippen molar-refractivity contribution in [1.82, 2.24) is 4.90 Å². The van der Waals surface area contributed by atoms with Gasteiger partial charge in [-0.25, -0.2) is 4.39 Å². The molecule has 3 nitrogen and oxygen atoms in total. The zero-order valence-corrected chi connectivity index (χ0v) is 11.3. The monoisotopic (exact) mass is 264 g/mol. The van der Waals surface area contributed by atoms with Crippen LogP contribution in [0, 0.1) is 5.82 Å². The Bertz CT molecular complexity index is 426. The molecule has 1 aromatic carbocycles. The smallest absolute Gasteiger partial charge is 0.129 e. The molecule has 2 saturated heterocycles. The van der Waals surface area contributed by atoms with Crippen molar-refractivity contribution >= 4 is 5.69 Å². The maximum absolute atomic E-state index is 14.2. The Morgan fingerprint density at radius 3 is 2.53 bits per heavy atom. The molecule has 2 fully saturated rings. The molecule has 2 heterocycles. The summed E-state index contributed by atoms with van der Waals surface area (Å²) in [7, 11) is 0. The van der Waals surface area contributed by atoms with Gasteiger partial charge in [0.15, 0.2) is 0 Å². The summed E-state index contributed by atoms with van der Waals surface area (Å²) in [6, 6.07) is 5.46. The molecule has 0 N–H and O–H groups in total. The van der Waals surface area contributed by atoms with E-state index in [1.807, 2.05) is 6.07 Å². The molecule has 104 valence electrons. The van der Waals surface area contributed by atoms with Crippen molar-refractivity contribution in [1.29, 1.82) is 0 Å². The molecule has 0 radical (unpaired) electrons. The highest BCUT2D eigenvalue weighted by Crippen LogP contribution is 2.28. The van der Waals surface area contributed by atoms with Crippen LogP contribution in [0.25, 0.3) is 0 Å². The predicted molar refractivity (Wildman–Crippen MR) is 73.9 cm³/mol. The Balaban J connectivity index is 1.81. The summed E-state index contributed by atoms with van der Waals surface area (Å²) < 4.78 is 19.5. The molecule has 0 bridgehead atoms. The molecule has 2 aliphatic rings. The van der Waals surface area contributed by atoms with Crippen LogP contribution in [0.15, 0.2) is 18.2 Å². The Labute approximate surface area is 114 Å². The van der Waals surface area contributed by atoms with E-state index < -0.39 is 0 Å². The second kappa shape index (κ2) is 5.88. The van der Waals surface area contributed by atoms with E-state index in [4.69, 9.17) is 4.74 Å². The summed E-state index contributed by atoms with van der Waals surface area (Å²) in [6.07, 6.45) is 2.43. The Morgan fingerprint density at radius 2 is 1.79 bits per heavy atom. The van der Waals surface area contributed by atoms with E-state index in [1.165, 1.54) is 12.8 Å². The van der Waals surface area contributed by atoms with Gasteiger partial charge in [-0.15, -0.1) is 0 Å². The lowest BCUT2D eigenvalue weighted by atomic mass is 10.1. The van der Waals surface area contributed by atoms with Gasteiger partial charge >= 0.3 is 0 Å². The van der Waals surface area contributed by atoms with Gasteiger partial charge < -0.3 is 9.64 Å². The minimum Gasteiger partial charge on any atom is -0.379 e. The largest absolute Gasteiger partial charge is 0.379 e. The first kappa shape index (κ1) is 12.9. The average Bonchev–Trinajstić information content (AvgIpc) is 2.96. The van der Waals surface area contributed by atoms with Crippen molar-refractivity contribution in [2.75, 3.05) is 44.3 Å². The van der Waals surface area contributed by atoms with E-state index in [0.717, 1.165) is 50.6 Å². The maximum atomic E-state index is 14.2. The SMILES string of the molecule is Fc1cccc(N2CCCC2)c1CN1CCOCC1. The Morgan fingerprint density at radius 1 is 1.05 bits per heavy atom. The number of hydrogen-bond donors (Lipinski definition) is 0. The third kappa shape index (κ3) is 2.90. The van der Waals surface area contributed by atoms with E-state index in [2.05, 4.69) is 15.9 Å². The van der Waals surface area contributed by atoms with Gasteiger partial charge in [0.25, 0.3) is 0 Å². The minimum atomic E-state index is -0.0732. The quantitative estimate of drug-likeness (QED) is 0.833. The lowest BCUT2D eigenvalue weighted by molar-refractivity contribution is 0.0338. The van der Waals surface area contributed by atoms with Crippen molar-refractivity contribution in [2.24, 2.45) is 0 Å². The van der Waals surface area contributed by atoms with Crippen LogP contribution in [0.3, 0.4) is 0 Å². The van der Waals surface area contributed by atoms with E-state index in [1.54, 1.807) is 6.07 Å². The van der Waals surface area contributed by atoms with Gasteiger partial charge in [-0.2, -0.15) is 0 Å². The van der Waals surface area contributed by atoms with E-state index in [-0.39, 0.29) is 5.82 Å². The van der Waals surface area contributed by atoms with Gasteiger partial charge in [-0.05, 0) is 25.0 Å². The van der Waals surface area contributed by atoms with Crippen molar-refractivity contribution in [3.63, 3.8) is 0 Å². The van der Waals surface area contributed by atoms with Crippen molar-refractivity contribution < 1.29 is 9.13 Å². The van der Waals surface area contributed by atoms with Gasteiger partial charge in [0.2, 0.25) is 0 Å². The summed E-state index contributed by atoms with van der Waals surface area (Å²) in [4.78, 5) is 4.60. The van der Waals surface area contributed by atoms with Gasteiger partial charge in [0, 0.05) is 44.0 Å². The topological polar surface area (TPSA) is 15.7 Å². The van der Waals surface area contributed by atoms with Crippen molar-refractivity contribution in [3.05, 3.63) is 29.6 Å². The number of halogens is 1. The fourth-order valence-electron chi connectivity index (χ4n) is 2.94. The fourth-order valence-corrected chi connectivity index (χ4v) is 2.94. The molecule has 3 rings (SSSR count). The molecular formula is C15H21FN2O. The number of benzene rings is 1. The number of ether oxygens (including phenoxy) is 1. The summed E-state index contributed by atoms with van der Waals surface area (Å²) in [5, 5.41) is 0. The van der Waals surface area contributed by atoms with Crippen molar-refractivity contribution in [3.8, 4) is 0 Å². The van der Waals surface area contributed by atoms with Gasteiger partial charge in [-0.1, -0.05) is 6.07 Å². The van der Waals surface area contributed by atoms with Crippen LogP contribution in [0.4, 0.5) is 10.1 Å². The van der Waals surface area contributed by atoms with Crippen LogP contribution in [-0.2, 0) is 11.3 Å².